The third-order valence-corrected chi connectivity index (χ3v) is 4.37. The first-order chi connectivity index (χ1) is 9.15. The van der Waals surface area contributed by atoms with Crippen LogP contribution < -0.4 is 5.32 Å². The van der Waals surface area contributed by atoms with Crippen LogP contribution in [0.15, 0.2) is 29.3 Å². The molecule has 1 aliphatic heterocycles. The number of piperazine rings is 1. The van der Waals surface area contributed by atoms with E-state index in [1.807, 2.05) is 25.1 Å². The summed E-state index contributed by atoms with van der Waals surface area (Å²) in [6.45, 7) is 9.79. The Labute approximate surface area is 147 Å². The highest BCUT2D eigenvalue weighted by Gasteiger charge is 2.25. The second kappa shape index (κ2) is 9.70. The van der Waals surface area contributed by atoms with Crippen LogP contribution in [0.2, 0.25) is 0 Å². The number of nitrogens with zero attached hydrogens (tertiary/aromatic N) is 1. The average molecular weight is 398 g/mol. The van der Waals surface area contributed by atoms with Gasteiger partial charge in [0.05, 0.1) is 0 Å². The number of benzene rings is 1. The lowest BCUT2D eigenvalue weighted by atomic mass is 9.98. The molecule has 1 aromatic rings. The maximum Gasteiger partial charge on any atom is 0.124 e. The van der Waals surface area contributed by atoms with E-state index in [0.717, 1.165) is 48.2 Å². The molecule has 0 spiro atoms. The van der Waals surface area contributed by atoms with Gasteiger partial charge < -0.3 is 10.4 Å². The van der Waals surface area contributed by atoms with Crippen molar-refractivity contribution in [2.45, 2.75) is 19.4 Å². The van der Waals surface area contributed by atoms with Crippen LogP contribution in [0.25, 0.3) is 0 Å². The molecule has 2 rings (SSSR count). The van der Waals surface area contributed by atoms with E-state index in [4.69, 9.17) is 0 Å². The summed E-state index contributed by atoms with van der Waals surface area (Å²) in [6.07, 6.45) is 2.77. The van der Waals surface area contributed by atoms with Crippen LogP contribution in [0.3, 0.4) is 0 Å². The van der Waals surface area contributed by atoms with Crippen molar-refractivity contribution in [2.24, 2.45) is 0 Å². The Bertz CT molecular complexity index is 465. The Kier molecular flexibility index (Phi) is 9.58. The summed E-state index contributed by atoms with van der Waals surface area (Å²) in [4.78, 5) is 2.41. The molecule has 1 heterocycles. The number of halogens is 3. The van der Waals surface area contributed by atoms with E-state index in [0.29, 0.717) is 5.75 Å². The van der Waals surface area contributed by atoms with Gasteiger partial charge in [-0.1, -0.05) is 28.1 Å². The standard InChI is InChI=1S/C15H21BrN2O.2ClH/c1-3-4-13(18-9-7-17-8-10-18)14-12(16)6-5-11(2)15(14)19;;/h3,5-6,13,17,19H,1,4,7-10H2,2H3;2*1H/t13-;;/m1../s1. The second-order valence-electron chi connectivity index (χ2n) is 4.95. The Morgan fingerprint density at radius 2 is 2.00 bits per heavy atom. The average Bonchev–Trinajstić information content (AvgIpc) is 2.43. The third kappa shape index (κ3) is 4.86. The minimum atomic E-state index is 0. The molecule has 0 bridgehead atoms. The topological polar surface area (TPSA) is 35.5 Å². The van der Waals surface area contributed by atoms with E-state index in [2.05, 4.69) is 32.7 Å². The molecule has 0 aromatic heterocycles. The predicted octanol–water partition coefficient (Wildman–Crippen LogP) is 3.83. The minimum absolute atomic E-state index is 0. The Hall–Kier alpha value is -0.260. The van der Waals surface area contributed by atoms with E-state index in [-0.39, 0.29) is 30.9 Å². The van der Waals surface area contributed by atoms with E-state index < -0.39 is 0 Å². The molecular weight excluding hydrogens is 375 g/mol. The van der Waals surface area contributed by atoms with Crippen LogP contribution in [0.4, 0.5) is 0 Å². The number of nitrogens with one attached hydrogen (secondary N) is 1. The zero-order chi connectivity index (χ0) is 13.8. The molecule has 3 nitrogen and oxygen atoms in total. The summed E-state index contributed by atoms with van der Waals surface area (Å²) in [5.41, 5.74) is 1.91. The predicted molar refractivity (Wildman–Crippen MR) is 97.0 cm³/mol. The second-order valence-corrected chi connectivity index (χ2v) is 5.81. The van der Waals surface area contributed by atoms with Gasteiger partial charge >= 0.3 is 0 Å². The zero-order valence-corrected chi connectivity index (χ0v) is 15.4. The van der Waals surface area contributed by atoms with Gasteiger partial charge in [-0.3, -0.25) is 4.90 Å². The molecule has 1 saturated heterocycles. The van der Waals surface area contributed by atoms with Crippen LogP contribution in [0.1, 0.15) is 23.6 Å². The number of rotatable bonds is 4. The highest BCUT2D eigenvalue weighted by molar-refractivity contribution is 9.10. The maximum absolute atomic E-state index is 10.4. The van der Waals surface area contributed by atoms with E-state index in [9.17, 15) is 5.11 Å². The van der Waals surface area contributed by atoms with Crippen molar-refractivity contribution >= 4 is 40.7 Å². The number of phenolic OH excluding ortho intramolecular Hbond substituents is 1. The third-order valence-electron chi connectivity index (χ3n) is 3.68. The van der Waals surface area contributed by atoms with Crippen LogP contribution >= 0.6 is 40.7 Å². The first-order valence-corrected chi connectivity index (χ1v) is 7.48. The van der Waals surface area contributed by atoms with Crippen molar-refractivity contribution < 1.29 is 5.11 Å². The molecule has 2 N–H and O–H groups in total. The van der Waals surface area contributed by atoms with Crippen LogP contribution in [-0.2, 0) is 0 Å². The Morgan fingerprint density at radius 1 is 1.38 bits per heavy atom. The molecule has 0 radical (unpaired) electrons. The van der Waals surface area contributed by atoms with Crippen molar-refractivity contribution in [2.75, 3.05) is 26.2 Å². The van der Waals surface area contributed by atoms with Crippen LogP contribution in [0.5, 0.6) is 5.75 Å². The largest absolute Gasteiger partial charge is 0.507 e. The van der Waals surface area contributed by atoms with Gasteiger partial charge in [0.2, 0.25) is 0 Å². The SMILES string of the molecule is C=CC[C@H](c1c(Br)ccc(C)c1O)N1CCNCC1.Cl.Cl. The number of aromatic hydroxyl groups is 1. The molecule has 0 amide bonds. The molecule has 0 aliphatic carbocycles. The molecule has 6 heteroatoms. The lowest BCUT2D eigenvalue weighted by Gasteiger charge is -2.35. The number of aryl methyl sites for hydroxylation is 1. The Balaban J connectivity index is 0.00000200. The van der Waals surface area contributed by atoms with Crippen molar-refractivity contribution in [1.82, 2.24) is 10.2 Å². The fraction of sp³-hybridized carbons (Fsp3) is 0.467. The van der Waals surface area contributed by atoms with Crippen LogP contribution in [-0.4, -0.2) is 36.2 Å². The zero-order valence-electron chi connectivity index (χ0n) is 12.1. The molecule has 1 aliphatic rings. The summed E-state index contributed by atoms with van der Waals surface area (Å²) < 4.78 is 0.973. The van der Waals surface area contributed by atoms with Gasteiger partial charge in [0, 0.05) is 42.3 Å². The lowest BCUT2D eigenvalue weighted by Crippen LogP contribution is -2.45. The van der Waals surface area contributed by atoms with Crippen molar-refractivity contribution in [3.05, 3.63) is 40.4 Å². The van der Waals surface area contributed by atoms with Gasteiger partial charge in [0.15, 0.2) is 0 Å². The maximum atomic E-state index is 10.4. The smallest absolute Gasteiger partial charge is 0.124 e. The summed E-state index contributed by atoms with van der Waals surface area (Å²) in [5, 5.41) is 13.8. The van der Waals surface area contributed by atoms with Crippen LogP contribution in [0, 0.1) is 6.92 Å². The number of hydrogen-bond acceptors (Lipinski definition) is 3. The monoisotopic (exact) mass is 396 g/mol. The van der Waals surface area contributed by atoms with E-state index in [1.165, 1.54) is 0 Å². The molecule has 1 atom stereocenters. The normalized spacial score (nSPS) is 16.5. The highest BCUT2D eigenvalue weighted by Crippen LogP contribution is 2.39. The molecule has 0 unspecified atom stereocenters. The molecule has 120 valence electrons. The summed E-state index contributed by atoms with van der Waals surface area (Å²) in [6, 6.07) is 4.14. The van der Waals surface area contributed by atoms with E-state index in [1.54, 1.807) is 0 Å². The summed E-state index contributed by atoms with van der Waals surface area (Å²) >= 11 is 3.58. The molecule has 21 heavy (non-hydrogen) atoms. The van der Waals surface area contributed by atoms with Crippen molar-refractivity contribution in [3.63, 3.8) is 0 Å². The fourth-order valence-corrected chi connectivity index (χ4v) is 3.19. The first-order valence-electron chi connectivity index (χ1n) is 6.68. The van der Waals surface area contributed by atoms with Crippen molar-refractivity contribution in [3.8, 4) is 5.75 Å². The van der Waals surface area contributed by atoms with Gasteiger partial charge in [0.1, 0.15) is 5.75 Å². The molecule has 0 saturated carbocycles. The summed E-state index contributed by atoms with van der Waals surface area (Å²) in [5.74, 6) is 0.403. The van der Waals surface area contributed by atoms with E-state index >= 15 is 0 Å². The molecular formula is C15H23BrCl2N2O. The fourth-order valence-electron chi connectivity index (χ4n) is 2.61. The van der Waals surface area contributed by atoms with Gasteiger partial charge in [-0.15, -0.1) is 31.4 Å². The molecule has 1 fully saturated rings. The lowest BCUT2D eigenvalue weighted by molar-refractivity contribution is 0.171. The highest BCUT2D eigenvalue weighted by atomic mass is 79.9. The summed E-state index contributed by atoms with van der Waals surface area (Å²) in [7, 11) is 0. The van der Waals surface area contributed by atoms with Crippen molar-refractivity contribution in [1.29, 1.82) is 0 Å². The number of phenols is 1. The first kappa shape index (κ1) is 20.7. The Morgan fingerprint density at radius 3 is 2.57 bits per heavy atom. The molecule has 1 aromatic carbocycles. The van der Waals surface area contributed by atoms with Gasteiger partial charge in [-0.2, -0.15) is 0 Å². The van der Waals surface area contributed by atoms with Gasteiger partial charge in [-0.05, 0) is 25.0 Å². The quantitative estimate of drug-likeness (QED) is 0.757. The van der Waals surface area contributed by atoms with Gasteiger partial charge in [-0.25, -0.2) is 0 Å². The minimum Gasteiger partial charge on any atom is -0.507 e. The van der Waals surface area contributed by atoms with Gasteiger partial charge in [0.25, 0.3) is 0 Å². The number of hydrogen-bond donors (Lipinski definition) is 2.